The van der Waals surface area contributed by atoms with Gasteiger partial charge in [-0.15, -0.1) is 11.3 Å². The highest BCUT2D eigenvalue weighted by molar-refractivity contribution is 7.15. The molecule has 0 bridgehead atoms. The molecule has 1 aromatic rings. The average Bonchev–Trinajstić information content (AvgIpc) is 2.81. The summed E-state index contributed by atoms with van der Waals surface area (Å²) >= 11 is 1.56. The first-order chi connectivity index (χ1) is 9.22. The van der Waals surface area contributed by atoms with E-state index in [0.29, 0.717) is 24.3 Å². The Morgan fingerprint density at radius 1 is 1.53 bits per heavy atom. The summed E-state index contributed by atoms with van der Waals surface area (Å²) in [5, 5.41) is 3.43. The maximum absolute atomic E-state index is 11.9. The predicted molar refractivity (Wildman–Crippen MR) is 71.9 cm³/mol. The van der Waals surface area contributed by atoms with Crippen molar-refractivity contribution >= 4 is 22.4 Å². The molecule has 1 aliphatic carbocycles. The van der Waals surface area contributed by atoms with Gasteiger partial charge in [-0.2, -0.15) is 0 Å². The molecule has 102 valence electrons. The third-order valence-corrected chi connectivity index (χ3v) is 4.31. The number of hydrogen-bond donors (Lipinski definition) is 1. The van der Waals surface area contributed by atoms with E-state index in [1.54, 1.807) is 11.3 Å². The third kappa shape index (κ3) is 2.73. The molecule has 1 amide bonds. The lowest BCUT2D eigenvalue weighted by Gasteiger charge is -2.15. The Morgan fingerprint density at radius 2 is 2.42 bits per heavy atom. The number of aromatic nitrogens is 1. The van der Waals surface area contributed by atoms with E-state index in [1.165, 1.54) is 17.6 Å². The van der Waals surface area contributed by atoms with Crippen molar-refractivity contribution in [2.45, 2.75) is 26.2 Å². The topological polar surface area (TPSA) is 60.5 Å². The van der Waals surface area contributed by atoms with Gasteiger partial charge in [-0.3, -0.25) is 10.1 Å². The summed E-state index contributed by atoms with van der Waals surface area (Å²) < 4.78 is 10.3. The standard InChI is InChI=1S/C13H16N2O3S/c1-8-2-3-9-11(6-8)19-13(14-9)15-12(16)10-7-17-4-5-18-10/h7-8H,2-6H2,1H3,(H,14,15,16). The van der Waals surface area contributed by atoms with Crippen molar-refractivity contribution in [1.82, 2.24) is 4.98 Å². The summed E-state index contributed by atoms with van der Waals surface area (Å²) in [6, 6.07) is 0. The molecule has 2 aliphatic rings. The van der Waals surface area contributed by atoms with Crippen LogP contribution in [0, 0.1) is 5.92 Å². The van der Waals surface area contributed by atoms with E-state index < -0.39 is 0 Å². The highest BCUT2D eigenvalue weighted by Gasteiger charge is 2.22. The largest absolute Gasteiger partial charge is 0.494 e. The number of hydrogen-bond acceptors (Lipinski definition) is 5. The molecule has 2 heterocycles. The second-order valence-corrected chi connectivity index (χ2v) is 5.98. The highest BCUT2D eigenvalue weighted by atomic mass is 32.1. The van der Waals surface area contributed by atoms with E-state index in [1.807, 2.05) is 0 Å². The maximum Gasteiger partial charge on any atom is 0.295 e. The van der Waals surface area contributed by atoms with Crippen LogP contribution in [0.5, 0.6) is 0 Å². The number of fused-ring (bicyclic) bond motifs is 1. The third-order valence-electron chi connectivity index (χ3n) is 3.28. The van der Waals surface area contributed by atoms with Crippen molar-refractivity contribution in [2.24, 2.45) is 5.92 Å². The van der Waals surface area contributed by atoms with Crippen molar-refractivity contribution in [3.05, 3.63) is 22.6 Å². The van der Waals surface area contributed by atoms with Crippen molar-refractivity contribution in [3.8, 4) is 0 Å². The molecule has 6 heteroatoms. The number of amides is 1. The van der Waals surface area contributed by atoms with Crippen LogP contribution in [-0.4, -0.2) is 24.1 Å². The Kier molecular flexibility index (Phi) is 3.42. The quantitative estimate of drug-likeness (QED) is 0.901. The minimum atomic E-state index is -0.293. The summed E-state index contributed by atoms with van der Waals surface area (Å²) in [5.41, 5.74) is 1.13. The van der Waals surface area contributed by atoms with E-state index in [9.17, 15) is 4.79 Å². The normalized spacial score (nSPS) is 21.7. The zero-order chi connectivity index (χ0) is 13.2. The first kappa shape index (κ1) is 12.5. The minimum absolute atomic E-state index is 0.216. The van der Waals surface area contributed by atoms with E-state index in [0.717, 1.165) is 18.5 Å². The molecule has 0 fully saturated rings. The van der Waals surface area contributed by atoms with E-state index >= 15 is 0 Å². The van der Waals surface area contributed by atoms with Crippen LogP contribution < -0.4 is 5.32 Å². The van der Waals surface area contributed by atoms with Gasteiger partial charge in [0.15, 0.2) is 5.13 Å². The smallest absolute Gasteiger partial charge is 0.295 e. The lowest BCUT2D eigenvalue weighted by atomic mass is 9.93. The predicted octanol–water partition coefficient (Wildman–Crippen LogP) is 2.09. The van der Waals surface area contributed by atoms with E-state index in [2.05, 4.69) is 17.2 Å². The molecule has 1 N–H and O–H groups in total. The van der Waals surface area contributed by atoms with E-state index in [-0.39, 0.29) is 11.7 Å². The van der Waals surface area contributed by atoms with Crippen molar-refractivity contribution in [3.63, 3.8) is 0 Å². The Morgan fingerprint density at radius 3 is 3.21 bits per heavy atom. The maximum atomic E-state index is 11.9. The fraction of sp³-hybridized carbons (Fsp3) is 0.538. The number of ether oxygens (including phenoxy) is 2. The van der Waals surface area contributed by atoms with Crippen LogP contribution >= 0.6 is 11.3 Å². The monoisotopic (exact) mass is 280 g/mol. The van der Waals surface area contributed by atoms with Gasteiger partial charge < -0.3 is 9.47 Å². The molecule has 19 heavy (non-hydrogen) atoms. The first-order valence-electron chi connectivity index (χ1n) is 6.47. The number of aryl methyl sites for hydroxylation is 1. The molecule has 0 saturated heterocycles. The molecule has 3 rings (SSSR count). The van der Waals surface area contributed by atoms with Crippen LogP contribution in [0.25, 0.3) is 0 Å². The van der Waals surface area contributed by atoms with Gasteiger partial charge in [-0.1, -0.05) is 6.92 Å². The van der Waals surface area contributed by atoms with Gasteiger partial charge in [-0.25, -0.2) is 4.98 Å². The van der Waals surface area contributed by atoms with Crippen LogP contribution in [0.4, 0.5) is 5.13 Å². The van der Waals surface area contributed by atoms with Gasteiger partial charge in [-0.05, 0) is 25.2 Å². The molecule has 0 aromatic carbocycles. The lowest BCUT2D eigenvalue weighted by Crippen LogP contribution is -2.21. The Hall–Kier alpha value is -1.56. The van der Waals surface area contributed by atoms with Gasteiger partial charge in [0.2, 0.25) is 5.76 Å². The first-order valence-corrected chi connectivity index (χ1v) is 7.28. The average molecular weight is 280 g/mol. The SMILES string of the molecule is CC1CCc2nc(NC(=O)C3=COCCO3)sc2C1. The van der Waals surface area contributed by atoms with E-state index in [4.69, 9.17) is 9.47 Å². The number of thiazole rings is 1. The van der Waals surface area contributed by atoms with Gasteiger partial charge >= 0.3 is 0 Å². The fourth-order valence-corrected chi connectivity index (χ4v) is 3.41. The summed E-state index contributed by atoms with van der Waals surface area (Å²) in [5.74, 6) is 0.626. The van der Waals surface area contributed by atoms with Crippen molar-refractivity contribution in [2.75, 3.05) is 18.5 Å². The summed E-state index contributed by atoms with van der Waals surface area (Å²) in [6.45, 7) is 3.14. The lowest BCUT2D eigenvalue weighted by molar-refractivity contribution is -0.117. The number of anilines is 1. The highest BCUT2D eigenvalue weighted by Crippen LogP contribution is 2.32. The van der Waals surface area contributed by atoms with Crippen LogP contribution in [-0.2, 0) is 27.1 Å². The molecule has 1 atom stereocenters. The van der Waals surface area contributed by atoms with Crippen LogP contribution in [0.15, 0.2) is 12.0 Å². The van der Waals surface area contributed by atoms with Gasteiger partial charge in [0.25, 0.3) is 5.91 Å². The summed E-state index contributed by atoms with van der Waals surface area (Å²) in [4.78, 5) is 17.7. The minimum Gasteiger partial charge on any atom is -0.494 e. The zero-order valence-corrected chi connectivity index (χ0v) is 11.6. The van der Waals surface area contributed by atoms with Crippen LogP contribution in [0.1, 0.15) is 23.9 Å². The molecular weight excluding hydrogens is 264 g/mol. The zero-order valence-electron chi connectivity index (χ0n) is 10.8. The summed E-state index contributed by atoms with van der Waals surface area (Å²) in [7, 11) is 0. The fourth-order valence-electron chi connectivity index (χ4n) is 2.24. The number of nitrogens with zero attached hydrogens (tertiary/aromatic N) is 1. The second-order valence-electron chi connectivity index (χ2n) is 4.89. The Bertz CT molecular complexity index is 524. The van der Waals surface area contributed by atoms with Crippen LogP contribution in [0.3, 0.4) is 0 Å². The Balaban J connectivity index is 1.70. The Labute approximate surface area is 115 Å². The second kappa shape index (κ2) is 5.21. The molecule has 0 spiro atoms. The number of nitrogens with one attached hydrogen (secondary N) is 1. The summed E-state index contributed by atoms with van der Waals surface area (Å²) in [6.07, 6.45) is 4.59. The van der Waals surface area contributed by atoms with Gasteiger partial charge in [0.1, 0.15) is 19.5 Å². The van der Waals surface area contributed by atoms with Crippen molar-refractivity contribution < 1.29 is 14.3 Å². The molecule has 1 aliphatic heterocycles. The number of carbonyl (C=O) groups is 1. The number of carbonyl (C=O) groups excluding carboxylic acids is 1. The molecule has 0 radical (unpaired) electrons. The molecular formula is C13H16N2O3S. The van der Waals surface area contributed by atoms with Gasteiger partial charge in [0, 0.05) is 4.88 Å². The number of rotatable bonds is 2. The molecule has 0 saturated carbocycles. The molecule has 1 aromatic heterocycles. The molecule has 1 unspecified atom stereocenters. The van der Waals surface area contributed by atoms with Crippen LogP contribution in [0.2, 0.25) is 0 Å². The molecule has 5 nitrogen and oxygen atoms in total. The van der Waals surface area contributed by atoms with Crippen molar-refractivity contribution in [1.29, 1.82) is 0 Å². The van der Waals surface area contributed by atoms with Gasteiger partial charge in [0.05, 0.1) is 5.69 Å².